The second kappa shape index (κ2) is 5.29. The fraction of sp³-hybridized carbons (Fsp3) is 0.429. The summed E-state index contributed by atoms with van der Waals surface area (Å²) in [5.74, 6) is 0.274. The molecule has 1 amide bonds. The van der Waals surface area contributed by atoms with Gasteiger partial charge in [-0.15, -0.1) is 0 Å². The smallest absolute Gasteiger partial charge is 0.246 e. The van der Waals surface area contributed by atoms with Crippen molar-refractivity contribution in [2.75, 3.05) is 36.5 Å². The van der Waals surface area contributed by atoms with E-state index >= 15 is 0 Å². The topological polar surface area (TPSA) is 73.4 Å². The summed E-state index contributed by atoms with van der Waals surface area (Å²) in [6.07, 6.45) is 0. The Labute approximate surface area is 113 Å². The van der Waals surface area contributed by atoms with Crippen molar-refractivity contribution in [1.29, 1.82) is 5.26 Å². The van der Waals surface area contributed by atoms with Crippen LogP contribution < -0.4 is 15.5 Å². The lowest BCUT2D eigenvalue weighted by Gasteiger charge is -2.36. The molecule has 2 N–H and O–H groups in total. The lowest BCUT2D eigenvalue weighted by molar-refractivity contribution is -0.117. The van der Waals surface area contributed by atoms with Gasteiger partial charge in [-0.25, -0.2) is 0 Å². The normalized spacial score (nSPS) is 16.0. The molecular weight excluding hydrogens is 240 g/mol. The van der Waals surface area contributed by atoms with Gasteiger partial charge in [0, 0.05) is 13.6 Å². The van der Waals surface area contributed by atoms with E-state index in [1.807, 2.05) is 24.9 Å². The van der Waals surface area contributed by atoms with E-state index in [4.69, 9.17) is 11.0 Å². The molecule has 19 heavy (non-hydrogen) atoms. The molecule has 0 bridgehead atoms. The Balaban J connectivity index is 2.43. The Kier molecular flexibility index (Phi) is 3.72. The maximum atomic E-state index is 12.2. The van der Waals surface area contributed by atoms with Gasteiger partial charge in [-0.05, 0) is 30.7 Å². The van der Waals surface area contributed by atoms with Crippen LogP contribution >= 0.6 is 0 Å². The van der Waals surface area contributed by atoms with Crippen molar-refractivity contribution in [3.05, 3.63) is 23.8 Å². The zero-order chi connectivity index (χ0) is 14.0. The van der Waals surface area contributed by atoms with Crippen LogP contribution in [0.1, 0.15) is 12.5 Å². The third-order valence-corrected chi connectivity index (χ3v) is 3.38. The Morgan fingerprint density at radius 2 is 2.21 bits per heavy atom. The summed E-state index contributed by atoms with van der Waals surface area (Å²) in [5, 5.41) is 9.00. The molecule has 0 radical (unpaired) electrons. The van der Waals surface area contributed by atoms with E-state index in [-0.39, 0.29) is 11.8 Å². The quantitative estimate of drug-likeness (QED) is 0.875. The van der Waals surface area contributed by atoms with Gasteiger partial charge >= 0.3 is 0 Å². The van der Waals surface area contributed by atoms with E-state index in [0.717, 1.165) is 11.4 Å². The SMILES string of the molecule is CC(CN)CN1C(=O)CN(C)c2ccc(C#N)cc21. The van der Waals surface area contributed by atoms with Crippen LogP contribution in [-0.4, -0.2) is 32.6 Å². The third kappa shape index (κ3) is 2.54. The van der Waals surface area contributed by atoms with Crippen LogP contribution in [0.25, 0.3) is 0 Å². The van der Waals surface area contributed by atoms with Crippen molar-refractivity contribution >= 4 is 17.3 Å². The number of hydrogen-bond acceptors (Lipinski definition) is 4. The minimum absolute atomic E-state index is 0.0467. The van der Waals surface area contributed by atoms with Crippen molar-refractivity contribution in [1.82, 2.24) is 0 Å². The average Bonchev–Trinajstić information content (AvgIpc) is 2.42. The van der Waals surface area contributed by atoms with Crippen LogP contribution in [0.2, 0.25) is 0 Å². The number of hydrogen-bond donors (Lipinski definition) is 1. The summed E-state index contributed by atoms with van der Waals surface area (Å²) in [7, 11) is 1.88. The molecule has 5 nitrogen and oxygen atoms in total. The van der Waals surface area contributed by atoms with Crippen LogP contribution in [0.3, 0.4) is 0 Å². The van der Waals surface area contributed by atoms with Crippen LogP contribution in [-0.2, 0) is 4.79 Å². The fourth-order valence-electron chi connectivity index (χ4n) is 2.23. The summed E-state index contributed by atoms with van der Waals surface area (Å²) in [6, 6.07) is 7.55. The van der Waals surface area contributed by atoms with E-state index in [1.54, 1.807) is 17.0 Å². The Morgan fingerprint density at radius 1 is 1.47 bits per heavy atom. The molecule has 1 aromatic carbocycles. The first kappa shape index (κ1) is 13.4. The Morgan fingerprint density at radius 3 is 2.84 bits per heavy atom. The Bertz CT molecular complexity index is 535. The number of benzene rings is 1. The van der Waals surface area contributed by atoms with Crippen molar-refractivity contribution in [3.63, 3.8) is 0 Å². The average molecular weight is 258 g/mol. The predicted molar refractivity (Wildman–Crippen MR) is 75.0 cm³/mol. The van der Waals surface area contributed by atoms with E-state index < -0.39 is 0 Å². The molecule has 1 aliphatic rings. The zero-order valence-corrected chi connectivity index (χ0v) is 11.3. The van der Waals surface area contributed by atoms with Crippen LogP contribution in [0.5, 0.6) is 0 Å². The summed E-state index contributed by atoms with van der Waals surface area (Å²) >= 11 is 0. The molecule has 1 aliphatic heterocycles. The van der Waals surface area contributed by atoms with Gasteiger partial charge in [-0.2, -0.15) is 5.26 Å². The number of likely N-dealkylation sites (N-methyl/N-ethyl adjacent to an activating group) is 1. The molecular formula is C14H18N4O. The molecule has 0 aliphatic carbocycles. The van der Waals surface area contributed by atoms with E-state index in [1.165, 1.54) is 0 Å². The third-order valence-electron chi connectivity index (χ3n) is 3.38. The van der Waals surface area contributed by atoms with E-state index in [9.17, 15) is 4.79 Å². The number of rotatable bonds is 3. The fourth-order valence-corrected chi connectivity index (χ4v) is 2.23. The molecule has 5 heteroatoms. The highest BCUT2D eigenvalue weighted by atomic mass is 16.2. The molecule has 0 saturated heterocycles. The molecule has 0 fully saturated rings. The highest BCUT2D eigenvalue weighted by Crippen LogP contribution is 2.33. The lowest BCUT2D eigenvalue weighted by atomic mass is 10.1. The number of carbonyl (C=O) groups excluding carboxylic acids is 1. The molecule has 1 atom stereocenters. The number of carbonyl (C=O) groups is 1. The number of nitrogens with two attached hydrogens (primary N) is 1. The van der Waals surface area contributed by atoms with Gasteiger partial charge < -0.3 is 15.5 Å². The maximum absolute atomic E-state index is 12.2. The molecule has 0 spiro atoms. The summed E-state index contributed by atoms with van der Waals surface area (Å²) < 4.78 is 0. The summed E-state index contributed by atoms with van der Waals surface area (Å²) in [5.41, 5.74) is 7.98. The van der Waals surface area contributed by atoms with Crippen molar-refractivity contribution in [2.45, 2.75) is 6.92 Å². The monoisotopic (exact) mass is 258 g/mol. The van der Waals surface area contributed by atoms with Gasteiger partial charge in [0.05, 0.1) is 29.6 Å². The molecule has 100 valence electrons. The number of nitriles is 1. The minimum atomic E-state index is 0.0467. The van der Waals surface area contributed by atoms with E-state index in [2.05, 4.69) is 6.07 Å². The molecule has 0 aromatic heterocycles. The first-order valence-corrected chi connectivity index (χ1v) is 6.32. The molecule has 2 rings (SSSR count). The first-order valence-electron chi connectivity index (χ1n) is 6.32. The summed E-state index contributed by atoms with van der Waals surface area (Å²) in [6.45, 7) is 3.49. The van der Waals surface area contributed by atoms with E-state index in [0.29, 0.717) is 25.2 Å². The molecule has 1 heterocycles. The Hall–Kier alpha value is -2.06. The van der Waals surface area contributed by atoms with Crippen LogP contribution in [0.4, 0.5) is 11.4 Å². The summed E-state index contributed by atoms with van der Waals surface area (Å²) in [4.78, 5) is 15.8. The first-order chi connectivity index (χ1) is 9.06. The van der Waals surface area contributed by atoms with Gasteiger partial charge in [0.15, 0.2) is 0 Å². The maximum Gasteiger partial charge on any atom is 0.246 e. The standard InChI is InChI=1S/C14H18N4O/c1-10(6-15)8-18-13-5-11(7-16)3-4-12(13)17(2)9-14(18)19/h3-5,10H,6,8-9,15H2,1-2H3. The van der Waals surface area contributed by atoms with Crippen LogP contribution in [0.15, 0.2) is 18.2 Å². The molecule has 1 unspecified atom stereocenters. The van der Waals surface area contributed by atoms with Crippen molar-refractivity contribution in [3.8, 4) is 6.07 Å². The van der Waals surface area contributed by atoms with Crippen LogP contribution in [0, 0.1) is 17.2 Å². The van der Waals surface area contributed by atoms with Gasteiger partial charge in [0.25, 0.3) is 0 Å². The number of amides is 1. The zero-order valence-electron chi connectivity index (χ0n) is 11.3. The molecule has 1 aromatic rings. The van der Waals surface area contributed by atoms with Gasteiger partial charge in [-0.3, -0.25) is 4.79 Å². The second-order valence-electron chi connectivity index (χ2n) is 5.02. The largest absolute Gasteiger partial charge is 0.364 e. The van der Waals surface area contributed by atoms with Crippen molar-refractivity contribution in [2.24, 2.45) is 11.7 Å². The predicted octanol–water partition coefficient (Wildman–Crippen LogP) is 0.936. The van der Waals surface area contributed by atoms with Gasteiger partial charge in [0.2, 0.25) is 5.91 Å². The van der Waals surface area contributed by atoms with Crippen molar-refractivity contribution < 1.29 is 4.79 Å². The highest BCUT2D eigenvalue weighted by molar-refractivity contribution is 6.03. The lowest BCUT2D eigenvalue weighted by Crippen LogP contribution is -2.46. The molecule has 0 saturated carbocycles. The number of anilines is 2. The number of nitrogens with zero attached hydrogens (tertiary/aromatic N) is 3. The van der Waals surface area contributed by atoms with Gasteiger partial charge in [0.1, 0.15) is 0 Å². The highest BCUT2D eigenvalue weighted by Gasteiger charge is 2.28. The minimum Gasteiger partial charge on any atom is -0.364 e. The second-order valence-corrected chi connectivity index (χ2v) is 5.02. The number of fused-ring (bicyclic) bond motifs is 1. The van der Waals surface area contributed by atoms with Gasteiger partial charge in [-0.1, -0.05) is 6.92 Å².